The van der Waals surface area contributed by atoms with Crippen LogP contribution in [-0.2, 0) is 26.4 Å². The second-order valence-corrected chi connectivity index (χ2v) is 9.04. The molecule has 128 valence electrons. The van der Waals surface area contributed by atoms with Crippen molar-refractivity contribution in [1.82, 2.24) is 4.72 Å². The van der Waals surface area contributed by atoms with E-state index in [1.165, 1.54) is 18.2 Å². The fraction of sp³-hybridized carbons (Fsp3) is 0.200. The number of hydrogen-bond acceptors (Lipinski definition) is 6. The third-order valence-corrected chi connectivity index (χ3v) is 5.96. The molecule has 0 bridgehead atoms. The molecule has 2 aromatic carbocycles. The van der Waals surface area contributed by atoms with Gasteiger partial charge in [-0.1, -0.05) is 12.1 Å². The minimum Gasteiger partial charge on any atom is -0.454 e. The van der Waals surface area contributed by atoms with Crippen molar-refractivity contribution in [2.75, 3.05) is 13.0 Å². The SMILES string of the molecule is CS(=O)(=O)c1cccc(S(=O)(=O)NCc2ccc3c(c2)OCO3)c1. The van der Waals surface area contributed by atoms with Gasteiger partial charge >= 0.3 is 0 Å². The molecule has 24 heavy (non-hydrogen) atoms. The van der Waals surface area contributed by atoms with Gasteiger partial charge in [0.1, 0.15) is 0 Å². The lowest BCUT2D eigenvalue weighted by Crippen LogP contribution is -2.23. The van der Waals surface area contributed by atoms with E-state index in [4.69, 9.17) is 9.47 Å². The molecule has 1 aliphatic rings. The summed E-state index contributed by atoms with van der Waals surface area (Å²) < 4.78 is 60.7. The van der Waals surface area contributed by atoms with Crippen LogP contribution < -0.4 is 14.2 Å². The molecule has 0 atom stereocenters. The Labute approximate surface area is 140 Å². The molecule has 1 N–H and O–H groups in total. The van der Waals surface area contributed by atoms with Crippen LogP contribution >= 0.6 is 0 Å². The summed E-state index contributed by atoms with van der Waals surface area (Å²) in [7, 11) is -7.32. The van der Waals surface area contributed by atoms with E-state index in [1.54, 1.807) is 18.2 Å². The molecule has 3 rings (SSSR count). The first-order chi connectivity index (χ1) is 11.3. The normalized spacial score (nSPS) is 13.9. The van der Waals surface area contributed by atoms with Crippen molar-refractivity contribution in [3.8, 4) is 11.5 Å². The van der Waals surface area contributed by atoms with Crippen LogP contribution in [0.4, 0.5) is 0 Å². The Morgan fingerprint density at radius 2 is 1.67 bits per heavy atom. The molecule has 0 amide bonds. The first-order valence-corrected chi connectivity index (χ1v) is 10.3. The second kappa shape index (κ2) is 6.08. The number of rotatable bonds is 5. The Hall–Kier alpha value is -2.10. The van der Waals surface area contributed by atoms with E-state index >= 15 is 0 Å². The van der Waals surface area contributed by atoms with E-state index in [-0.39, 0.29) is 23.1 Å². The fourth-order valence-corrected chi connectivity index (χ4v) is 3.99. The van der Waals surface area contributed by atoms with Crippen molar-refractivity contribution in [3.05, 3.63) is 48.0 Å². The maximum atomic E-state index is 12.4. The predicted molar refractivity (Wildman–Crippen MR) is 86.1 cm³/mol. The van der Waals surface area contributed by atoms with Crippen LogP contribution in [-0.4, -0.2) is 29.9 Å². The summed E-state index contributed by atoms with van der Waals surface area (Å²) in [6, 6.07) is 10.3. The summed E-state index contributed by atoms with van der Waals surface area (Å²) >= 11 is 0. The lowest BCUT2D eigenvalue weighted by molar-refractivity contribution is 0.174. The lowest BCUT2D eigenvalue weighted by atomic mass is 10.2. The number of sulfone groups is 1. The van der Waals surface area contributed by atoms with Crippen molar-refractivity contribution in [2.24, 2.45) is 0 Å². The summed E-state index contributed by atoms with van der Waals surface area (Å²) in [5, 5.41) is 0. The molecule has 0 fully saturated rings. The molecule has 0 radical (unpaired) electrons. The minimum absolute atomic E-state index is 0.0437. The number of ether oxygens (including phenoxy) is 2. The van der Waals surface area contributed by atoms with Crippen LogP contribution in [0.3, 0.4) is 0 Å². The summed E-state index contributed by atoms with van der Waals surface area (Å²) in [6.07, 6.45) is 1.03. The van der Waals surface area contributed by atoms with Crippen molar-refractivity contribution in [1.29, 1.82) is 0 Å². The molecular weight excluding hydrogens is 354 g/mol. The Bertz CT molecular complexity index is 983. The van der Waals surface area contributed by atoms with Crippen molar-refractivity contribution in [3.63, 3.8) is 0 Å². The van der Waals surface area contributed by atoms with Gasteiger partial charge in [0.25, 0.3) is 0 Å². The van der Waals surface area contributed by atoms with Gasteiger partial charge in [-0.2, -0.15) is 0 Å². The first kappa shape index (κ1) is 16.7. The second-order valence-electron chi connectivity index (χ2n) is 5.26. The van der Waals surface area contributed by atoms with Gasteiger partial charge in [-0.15, -0.1) is 0 Å². The van der Waals surface area contributed by atoms with Gasteiger partial charge < -0.3 is 9.47 Å². The van der Waals surface area contributed by atoms with Crippen LogP contribution in [0.25, 0.3) is 0 Å². The van der Waals surface area contributed by atoms with Gasteiger partial charge in [0, 0.05) is 12.8 Å². The maximum Gasteiger partial charge on any atom is 0.240 e. The van der Waals surface area contributed by atoms with Crippen LogP contribution in [0, 0.1) is 0 Å². The summed E-state index contributed by atoms with van der Waals surface area (Å²) in [5.41, 5.74) is 0.696. The van der Waals surface area contributed by atoms with Gasteiger partial charge in [0.2, 0.25) is 16.8 Å². The highest BCUT2D eigenvalue weighted by molar-refractivity contribution is 7.91. The molecule has 0 saturated carbocycles. The highest BCUT2D eigenvalue weighted by atomic mass is 32.2. The third kappa shape index (κ3) is 3.53. The number of fused-ring (bicyclic) bond motifs is 1. The largest absolute Gasteiger partial charge is 0.454 e. The van der Waals surface area contributed by atoms with E-state index in [1.807, 2.05) is 0 Å². The Kier molecular flexibility index (Phi) is 4.24. The minimum atomic E-state index is -3.84. The monoisotopic (exact) mass is 369 g/mol. The van der Waals surface area contributed by atoms with E-state index in [2.05, 4.69) is 4.72 Å². The number of sulfonamides is 1. The zero-order valence-corrected chi connectivity index (χ0v) is 14.4. The van der Waals surface area contributed by atoms with Crippen LogP contribution in [0.5, 0.6) is 11.5 Å². The average Bonchev–Trinajstić information content (AvgIpc) is 3.00. The fourth-order valence-electron chi connectivity index (χ4n) is 2.18. The van der Waals surface area contributed by atoms with Gasteiger partial charge in [-0.05, 0) is 35.9 Å². The summed E-state index contributed by atoms with van der Waals surface area (Å²) in [4.78, 5) is -0.153. The smallest absolute Gasteiger partial charge is 0.240 e. The Morgan fingerprint density at radius 3 is 2.42 bits per heavy atom. The molecule has 0 spiro atoms. The summed E-state index contributed by atoms with van der Waals surface area (Å²) in [6.45, 7) is 0.185. The number of hydrogen-bond donors (Lipinski definition) is 1. The van der Waals surface area contributed by atoms with Crippen molar-refractivity contribution >= 4 is 19.9 Å². The molecule has 1 heterocycles. The molecule has 0 unspecified atom stereocenters. The predicted octanol–water partition coefficient (Wildman–Crippen LogP) is 1.30. The number of benzene rings is 2. The average molecular weight is 369 g/mol. The molecule has 0 aliphatic carbocycles. The standard InChI is InChI=1S/C15H15NO6S2/c1-23(17,18)12-3-2-4-13(8-12)24(19,20)16-9-11-5-6-14-15(7-11)22-10-21-14/h2-8,16H,9-10H2,1H3. The number of nitrogens with one attached hydrogen (secondary N) is 1. The Morgan fingerprint density at radius 1 is 0.958 bits per heavy atom. The van der Waals surface area contributed by atoms with E-state index < -0.39 is 19.9 Å². The Balaban J connectivity index is 1.79. The van der Waals surface area contributed by atoms with Crippen molar-refractivity contribution < 1.29 is 26.3 Å². The molecule has 9 heteroatoms. The van der Waals surface area contributed by atoms with Gasteiger partial charge in [0.15, 0.2) is 21.3 Å². The molecule has 0 saturated heterocycles. The van der Waals surface area contributed by atoms with Gasteiger partial charge in [0.05, 0.1) is 9.79 Å². The topological polar surface area (TPSA) is 98.8 Å². The maximum absolute atomic E-state index is 12.4. The zero-order chi connectivity index (χ0) is 17.4. The van der Waals surface area contributed by atoms with E-state index in [0.29, 0.717) is 17.1 Å². The molecule has 1 aliphatic heterocycles. The molecule has 0 aromatic heterocycles. The van der Waals surface area contributed by atoms with E-state index in [9.17, 15) is 16.8 Å². The highest BCUT2D eigenvalue weighted by Gasteiger charge is 2.18. The summed E-state index contributed by atoms with van der Waals surface area (Å²) in [5.74, 6) is 1.17. The lowest BCUT2D eigenvalue weighted by Gasteiger charge is -2.08. The molecule has 7 nitrogen and oxygen atoms in total. The quantitative estimate of drug-likeness (QED) is 0.853. The molecule has 2 aromatic rings. The van der Waals surface area contributed by atoms with Gasteiger partial charge in [-0.3, -0.25) is 0 Å². The first-order valence-electron chi connectivity index (χ1n) is 6.94. The van der Waals surface area contributed by atoms with Crippen LogP contribution in [0.15, 0.2) is 52.3 Å². The van der Waals surface area contributed by atoms with Crippen LogP contribution in [0.2, 0.25) is 0 Å². The van der Waals surface area contributed by atoms with Gasteiger partial charge in [-0.25, -0.2) is 21.6 Å². The zero-order valence-electron chi connectivity index (χ0n) is 12.7. The third-order valence-electron chi connectivity index (χ3n) is 3.45. The van der Waals surface area contributed by atoms with Crippen LogP contribution in [0.1, 0.15) is 5.56 Å². The molecular formula is C15H15NO6S2. The van der Waals surface area contributed by atoms with E-state index in [0.717, 1.165) is 12.3 Å². The highest BCUT2D eigenvalue weighted by Crippen LogP contribution is 2.32. The van der Waals surface area contributed by atoms with Crippen molar-refractivity contribution in [2.45, 2.75) is 16.3 Å².